The number of ketones is 1. The van der Waals surface area contributed by atoms with Crippen LogP contribution in [0.4, 0.5) is 0 Å². The molecule has 0 bridgehead atoms. The lowest BCUT2D eigenvalue weighted by Crippen LogP contribution is -2.71. The number of allylic oxidation sites excluding steroid dienone is 1. The van der Waals surface area contributed by atoms with Crippen molar-refractivity contribution in [2.24, 2.45) is 22.7 Å². The Balaban J connectivity index is 1.52. The van der Waals surface area contributed by atoms with Crippen LogP contribution in [0, 0.1) is 22.7 Å². The highest BCUT2D eigenvalue weighted by atomic mass is 16.6. The second kappa shape index (κ2) is 7.37. The molecule has 0 aromatic carbocycles. The second-order valence-corrected chi connectivity index (χ2v) is 12.3. The van der Waals surface area contributed by atoms with Crippen molar-refractivity contribution in [2.45, 2.75) is 102 Å². The maximum atomic E-state index is 13.2. The summed E-state index contributed by atoms with van der Waals surface area (Å²) >= 11 is 0. The molecule has 2 fully saturated rings. The molecule has 0 radical (unpaired) electrons. The predicted molar refractivity (Wildman–Crippen MR) is 128 cm³/mol. The maximum absolute atomic E-state index is 13.2. The van der Waals surface area contributed by atoms with E-state index in [2.05, 4.69) is 0 Å². The van der Waals surface area contributed by atoms with Gasteiger partial charge in [0.15, 0.2) is 5.78 Å². The molecule has 4 N–H and O–H groups in total. The highest BCUT2D eigenvalue weighted by molar-refractivity contribution is 5.97. The van der Waals surface area contributed by atoms with Gasteiger partial charge in [0, 0.05) is 17.4 Å². The first-order valence-corrected chi connectivity index (χ1v) is 12.8. The Kier molecular flexibility index (Phi) is 5.24. The number of esters is 1. The van der Waals surface area contributed by atoms with Gasteiger partial charge in [0.05, 0.1) is 11.5 Å². The summed E-state index contributed by atoms with van der Waals surface area (Å²) in [6, 6.07) is 0. The number of carbonyl (C=O) groups is 2. The van der Waals surface area contributed by atoms with Gasteiger partial charge < -0.3 is 25.2 Å². The maximum Gasteiger partial charge on any atom is 0.334 e. The minimum Gasteiger partial charge on any atom is -0.455 e. The molecule has 192 valence electrons. The standard InChI is InChI=1S/C28H38O7/c1-15-13-22(35-23(31)16(15)2)26(5,32)28(34)12-9-18-17-14-21(30)27(33)10-6-7-20(29)25(27,4)19(17)8-11-24(18,28)3/h6-7,9,17,19,21-22,30,32-34H,8,10-14H2,1-5H3/t17-,19-,21+,22+,24-,25-,26-,27-,28-/m0/s1. The molecule has 0 aromatic heterocycles. The van der Waals surface area contributed by atoms with Gasteiger partial charge in [0.25, 0.3) is 0 Å². The second-order valence-electron chi connectivity index (χ2n) is 12.3. The van der Waals surface area contributed by atoms with Crippen LogP contribution in [0.25, 0.3) is 0 Å². The highest BCUT2D eigenvalue weighted by Gasteiger charge is 2.72. The van der Waals surface area contributed by atoms with E-state index >= 15 is 0 Å². The predicted octanol–water partition coefficient (Wildman–Crippen LogP) is 2.51. The topological polar surface area (TPSA) is 124 Å². The van der Waals surface area contributed by atoms with E-state index in [1.165, 1.54) is 6.08 Å². The fourth-order valence-electron chi connectivity index (χ4n) is 8.28. The van der Waals surface area contributed by atoms with Crippen LogP contribution >= 0.6 is 0 Å². The third-order valence-electron chi connectivity index (χ3n) is 11.0. The summed E-state index contributed by atoms with van der Waals surface area (Å²) < 4.78 is 5.62. The summed E-state index contributed by atoms with van der Waals surface area (Å²) in [6.45, 7) is 8.81. The average molecular weight is 487 g/mol. The molecule has 2 saturated carbocycles. The summed E-state index contributed by atoms with van der Waals surface area (Å²) in [4.78, 5) is 25.6. The van der Waals surface area contributed by atoms with Crippen LogP contribution in [0.3, 0.4) is 0 Å². The van der Waals surface area contributed by atoms with E-state index in [-0.39, 0.29) is 36.9 Å². The zero-order valence-corrected chi connectivity index (χ0v) is 21.3. The molecular weight excluding hydrogens is 448 g/mol. The summed E-state index contributed by atoms with van der Waals surface area (Å²) in [5.41, 5.74) is -4.54. The van der Waals surface area contributed by atoms with Crippen molar-refractivity contribution in [3.05, 3.63) is 34.9 Å². The van der Waals surface area contributed by atoms with Gasteiger partial charge in [0.1, 0.15) is 22.9 Å². The molecule has 7 nitrogen and oxygen atoms in total. The van der Waals surface area contributed by atoms with Gasteiger partial charge >= 0.3 is 5.97 Å². The zero-order chi connectivity index (χ0) is 25.8. The molecule has 1 aliphatic heterocycles. The lowest BCUT2D eigenvalue weighted by atomic mass is 9.43. The van der Waals surface area contributed by atoms with Gasteiger partial charge in [-0.15, -0.1) is 0 Å². The molecule has 0 spiro atoms. The first-order chi connectivity index (χ1) is 16.1. The van der Waals surface area contributed by atoms with E-state index < -0.39 is 45.8 Å². The molecule has 5 rings (SSSR count). The number of hydrogen-bond acceptors (Lipinski definition) is 7. The average Bonchev–Trinajstić information content (AvgIpc) is 3.07. The molecule has 0 saturated heterocycles. The molecule has 7 heteroatoms. The van der Waals surface area contributed by atoms with E-state index in [0.29, 0.717) is 24.8 Å². The van der Waals surface area contributed by atoms with E-state index in [0.717, 1.165) is 11.1 Å². The summed E-state index contributed by atoms with van der Waals surface area (Å²) in [6.07, 6.45) is 5.24. The monoisotopic (exact) mass is 486 g/mol. The third-order valence-corrected chi connectivity index (χ3v) is 11.0. The summed E-state index contributed by atoms with van der Waals surface area (Å²) in [5, 5.41) is 46.7. The Hall–Kier alpha value is -1.80. The number of aliphatic hydroxyl groups is 4. The largest absolute Gasteiger partial charge is 0.455 e. The van der Waals surface area contributed by atoms with Gasteiger partial charge in [-0.3, -0.25) is 4.79 Å². The van der Waals surface area contributed by atoms with Crippen LogP contribution in [0.15, 0.2) is 34.9 Å². The van der Waals surface area contributed by atoms with Gasteiger partial charge in [-0.05, 0) is 77.7 Å². The number of aliphatic hydroxyl groups excluding tert-OH is 1. The van der Waals surface area contributed by atoms with Crippen molar-refractivity contribution in [3.8, 4) is 0 Å². The van der Waals surface area contributed by atoms with Crippen LogP contribution in [-0.2, 0) is 14.3 Å². The molecule has 35 heavy (non-hydrogen) atoms. The Labute approximate surface area is 206 Å². The van der Waals surface area contributed by atoms with Crippen molar-refractivity contribution in [2.75, 3.05) is 0 Å². The number of ether oxygens (including phenoxy) is 1. The number of carbonyl (C=O) groups excluding carboxylic acids is 2. The van der Waals surface area contributed by atoms with Crippen LogP contribution in [0.1, 0.15) is 73.1 Å². The number of fused-ring (bicyclic) bond motifs is 5. The van der Waals surface area contributed by atoms with Gasteiger partial charge in [-0.1, -0.05) is 30.2 Å². The molecule has 0 amide bonds. The molecule has 5 aliphatic rings. The molecule has 0 unspecified atom stereocenters. The van der Waals surface area contributed by atoms with Gasteiger partial charge in [0.2, 0.25) is 0 Å². The van der Waals surface area contributed by atoms with Gasteiger partial charge in [-0.2, -0.15) is 0 Å². The summed E-state index contributed by atoms with van der Waals surface area (Å²) in [5.74, 6) is -1.06. The number of hydrogen-bond donors (Lipinski definition) is 4. The van der Waals surface area contributed by atoms with Crippen LogP contribution in [0.2, 0.25) is 0 Å². The van der Waals surface area contributed by atoms with E-state index in [4.69, 9.17) is 4.74 Å². The molecule has 4 aliphatic carbocycles. The fourth-order valence-corrected chi connectivity index (χ4v) is 8.28. The van der Waals surface area contributed by atoms with E-state index in [1.54, 1.807) is 26.8 Å². The molecule has 0 aromatic rings. The van der Waals surface area contributed by atoms with Crippen LogP contribution in [-0.4, -0.2) is 61.2 Å². The lowest BCUT2D eigenvalue weighted by molar-refractivity contribution is -0.248. The van der Waals surface area contributed by atoms with Crippen LogP contribution in [0.5, 0.6) is 0 Å². The fraction of sp³-hybridized carbons (Fsp3) is 0.714. The Morgan fingerprint density at radius 1 is 1.14 bits per heavy atom. The number of rotatable bonds is 2. The van der Waals surface area contributed by atoms with E-state index in [1.807, 2.05) is 19.9 Å². The van der Waals surface area contributed by atoms with Gasteiger partial charge in [-0.25, -0.2) is 4.79 Å². The molecular formula is C28H38O7. The van der Waals surface area contributed by atoms with Crippen LogP contribution < -0.4 is 0 Å². The minimum atomic E-state index is -1.73. The van der Waals surface area contributed by atoms with Crippen molar-refractivity contribution in [3.63, 3.8) is 0 Å². The number of cyclic esters (lactones) is 1. The normalized spacial score (nSPS) is 49.0. The Morgan fingerprint density at radius 2 is 1.83 bits per heavy atom. The van der Waals surface area contributed by atoms with Crippen molar-refractivity contribution in [1.29, 1.82) is 0 Å². The van der Waals surface area contributed by atoms with Crippen molar-refractivity contribution < 1.29 is 34.8 Å². The first-order valence-electron chi connectivity index (χ1n) is 12.8. The van der Waals surface area contributed by atoms with E-state index in [9.17, 15) is 30.0 Å². The first kappa shape index (κ1) is 24.9. The Morgan fingerprint density at radius 3 is 2.49 bits per heavy atom. The molecule has 1 heterocycles. The third kappa shape index (κ3) is 2.81. The SMILES string of the molecule is CC1=C(C)C(=O)O[C@@H]([C@](C)(O)[C@]2(O)CC=C3[C@@H]4C[C@@H](O)[C@@]5(O)CC=CC(=O)[C@]5(C)[C@H]4CC[C@@]32C)C1. The quantitative estimate of drug-likeness (QED) is 0.349. The van der Waals surface area contributed by atoms with Crippen molar-refractivity contribution >= 4 is 11.8 Å². The minimum absolute atomic E-state index is 0.170. The summed E-state index contributed by atoms with van der Waals surface area (Å²) in [7, 11) is 0. The van der Waals surface area contributed by atoms with Crippen molar-refractivity contribution in [1.82, 2.24) is 0 Å². The highest BCUT2D eigenvalue weighted by Crippen LogP contribution is 2.68. The molecule has 9 atom stereocenters. The smallest absolute Gasteiger partial charge is 0.334 e. The zero-order valence-electron chi connectivity index (χ0n) is 21.3. The lowest BCUT2D eigenvalue weighted by Gasteiger charge is -2.63. The Bertz CT molecular complexity index is 1080.